The van der Waals surface area contributed by atoms with Crippen molar-refractivity contribution in [3.63, 3.8) is 0 Å². The molecule has 0 radical (unpaired) electrons. The molecule has 6 aromatic rings. The summed E-state index contributed by atoms with van der Waals surface area (Å²) < 4.78 is 24.2. The zero-order valence-electron chi connectivity index (χ0n) is 24.8. The van der Waals surface area contributed by atoms with Crippen LogP contribution in [0.4, 0.5) is 4.39 Å². The highest BCUT2D eigenvalue weighted by atomic mass is 19.1. The molecular formula is C35H32FN5O3. The van der Waals surface area contributed by atoms with E-state index in [1.807, 2.05) is 37.4 Å². The van der Waals surface area contributed by atoms with Crippen molar-refractivity contribution in [1.82, 2.24) is 24.1 Å². The quantitative estimate of drug-likeness (QED) is 0.185. The van der Waals surface area contributed by atoms with Gasteiger partial charge in [0.1, 0.15) is 18.2 Å². The maximum absolute atomic E-state index is 14.3. The summed E-state index contributed by atoms with van der Waals surface area (Å²) in [6.45, 7) is 7.36. The van der Waals surface area contributed by atoms with Crippen molar-refractivity contribution in [2.45, 2.75) is 46.9 Å². The lowest BCUT2D eigenvalue weighted by atomic mass is 10.0. The van der Waals surface area contributed by atoms with Crippen LogP contribution in [0.1, 0.15) is 51.1 Å². The second kappa shape index (κ2) is 12.1. The molecule has 0 saturated carbocycles. The van der Waals surface area contributed by atoms with Gasteiger partial charge >= 0.3 is 5.97 Å². The predicted molar refractivity (Wildman–Crippen MR) is 166 cm³/mol. The lowest BCUT2D eigenvalue weighted by Crippen LogP contribution is -2.10. The molecule has 9 heteroatoms. The number of fused-ring (bicyclic) bond motifs is 1. The minimum atomic E-state index is -0.975. The Labute approximate surface area is 254 Å². The summed E-state index contributed by atoms with van der Waals surface area (Å²) in [5, 5.41) is 9.62. The summed E-state index contributed by atoms with van der Waals surface area (Å²) in [6, 6.07) is 21.9. The van der Waals surface area contributed by atoms with Gasteiger partial charge in [0.05, 0.1) is 40.9 Å². The molecule has 0 amide bonds. The van der Waals surface area contributed by atoms with Crippen molar-refractivity contribution >= 4 is 17.0 Å². The number of imidazole rings is 2. The van der Waals surface area contributed by atoms with E-state index >= 15 is 0 Å². The number of rotatable bonds is 10. The molecule has 0 fully saturated rings. The van der Waals surface area contributed by atoms with Crippen LogP contribution in [0.2, 0.25) is 0 Å². The van der Waals surface area contributed by atoms with Crippen LogP contribution in [0.5, 0.6) is 5.88 Å². The first-order chi connectivity index (χ1) is 21.3. The molecule has 44 heavy (non-hydrogen) atoms. The fourth-order valence-corrected chi connectivity index (χ4v) is 5.34. The Morgan fingerprint density at radius 3 is 2.59 bits per heavy atom. The average Bonchev–Trinajstić information content (AvgIpc) is 3.61. The van der Waals surface area contributed by atoms with Gasteiger partial charge in [-0.3, -0.25) is 0 Å². The predicted octanol–water partition coefficient (Wildman–Crippen LogP) is 6.99. The molecule has 0 aliphatic heterocycles. The molecule has 3 heterocycles. The largest absolute Gasteiger partial charge is 0.478 e. The van der Waals surface area contributed by atoms with Gasteiger partial charge in [0.2, 0.25) is 5.88 Å². The SMILES string of the molecule is CCn1cncc1Cn1c(Cc2ccc(-c3cccc(OCc4ccc(C)cc4F)n3)cc2C)nc2ccc(C(=O)O)cc21. The number of hydrogen-bond acceptors (Lipinski definition) is 5. The van der Waals surface area contributed by atoms with Crippen LogP contribution in [0.15, 0.2) is 85.3 Å². The number of halogens is 1. The van der Waals surface area contributed by atoms with Gasteiger partial charge in [0, 0.05) is 36.4 Å². The first-order valence-corrected chi connectivity index (χ1v) is 14.4. The smallest absolute Gasteiger partial charge is 0.335 e. The van der Waals surface area contributed by atoms with Gasteiger partial charge in [-0.25, -0.2) is 24.1 Å². The van der Waals surface area contributed by atoms with Crippen LogP contribution in [0.25, 0.3) is 22.3 Å². The fraction of sp³-hybridized carbons (Fsp3) is 0.200. The number of aromatic carboxylic acids is 1. The zero-order valence-corrected chi connectivity index (χ0v) is 24.8. The number of ether oxygens (including phenoxy) is 1. The van der Waals surface area contributed by atoms with Gasteiger partial charge < -0.3 is 19.0 Å². The average molecular weight is 590 g/mol. The van der Waals surface area contributed by atoms with Crippen molar-refractivity contribution in [1.29, 1.82) is 0 Å². The molecule has 3 aromatic heterocycles. The molecule has 0 aliphatic carbocycles. The van der Waals surface area contributed by atoms with Crippen molar-refractivity contribution in [2.24, 2.45) is 0 Å². The molecule has 0 saturated heterocycles. The van der Waals surface area contributed by atoms with E-state index in [0.717, 1.165) is 57.0 Å². The normalized spacial score (nSPS) is 11.3. The third-order valence-corrected chi connectivity index (χ3v) is 7.83. The molecule has 222 valence electrons. The summed E-state index contributed by atoms with van der Waals surface area (Å²) in [4.78, 5) is 25.6. The number of benzene rings is 3. The van der Waals surface area contributed by atoms with Gasteiger partial charge in [-0.1, -0.05) is 30.3 Å². The van der Waals surface area contributed by atoms with Crippen LogP contribution in [-0.4, -0.2) is 35.2 Å². The van der Waals surface area contributed by atoms with Gasteiger partial charge in [-0.15, -0.1) is 0 Å². The van der Waals surface area contributed by atoms with Gasteiger partial charge in [-0.2, -0.15) is 0 Å². The highest BCUT2D eigenvalue weighted by Gasteiger charge is 2.17. The first kappa shape index (κ1) is 28.8. The summed E-state index contributed by atoms with van der Waals surface area (Å²) in [5.74, 6) is -0.0140. The fourth-order valence-electron chi connectivity index (χ4n) is 5.34. The van der Waals surface area contributed by atoms with Gasteiger partial charge in [0.15, 0.2) is 0 Å². The van der Waals surface area contributed by atoms with Crippen LogP contribution >= 0.6 is 0 Å². The molecule has 6 rings (SSSR count). The van der Waals surface area contributed by atoms with Crippen LogP contribution in [-0.2, 0) is 26.1 Å². The summed E-state index contributed by atoms with van der Waals surface area (Å²) in [5.41, 5.74) is 7.93. The van der Waals surface area contributed by atoms with Crippen molar-refractivity contribution in [3.8, 4) is 17.1 Å². The number of hydrogen-bond donors (Lipinski definition) is 1. The Morgan fingerprint density at radius 1 is 0.977 bits per heavy atom. The molecule has 0 aliphatic rings. The number of carboxylic acid groups (broad SMARTS) is 1. The lowest BCUT2D eigenvalue weighted by molar-refractivity contribution is 0.0697. The Balaban J connectivity index is 1.27. The minimum Gasteiger partial charge on any atom is -0.478 e. The van der Waals surface area contributed by atoms with E-state index < -0.39 is 5.97 Å². The molecular weight excluding hydrogens is 557 g/mol. The Bertz CT molecular complexity index is 1990. The topological polar surface area (TPSA) is 95.1 Å². The van der Waals surface area contributed by atoms with Crippen LogP contribution in [0.3, 0.4) is 0 Å². The van der Waals surface area contributed by atoms with E-state index in [1.165, 1.54) is 6.07 Å². The second-order valence-corrected chi connectivity index (χ2v) is 10.9. The van der Waals surface area contributed by atoms with Crippen molar-refractivity contribution in [2.75, 3.05) is 0 Å². The summed E-state index contributed by atoms with van der Waals surface area (Å²) in [6.07, 6.45) is 4.19. The number of aryl methyl sites for hydroxylation is 3. The number of nitrogens with zero attached hydrogens (tertiary/aromatic N) is 5. The molecule has 0 unspecified atom stereocenters. The third kappa shape index (κ3) is 5.94. The summed E-state index contributed by atoms with van der Waals surface area (Å²) >= 11 is 0. The monoisotopic (exact) mass is 589 g/mol. The highest BCUT2D eigenvalue weighted by molar-refractivity contribution is 5.92. The van der Waals surface area contributed by atoms with Gasteiger partial charge in [-0.05, 0) is 73.9 Å². The zero-order chi connectivity index (χ0) is 30.8. The lowest BCUT2D eigenvalue weighted by Gasteiger charge is -2.13. The van der Waals surface area contributed by atoms with Crippen LogP contribution < -0.4 is 4.74 Å². The standard InChI is InChI=1S/C35H32FN5O3/c1-4-40-21-37-18-28(40)19-41-32-16-26(35(42)43)12-13-31(32)38-33(41)17-24-10-11-25(15-23(24)3)30-6-5-7-34(39-30)44-20-27-9-8-22(2)14-29(27)36/h5-16,18,21H,4,17,19-20H2,1-3H3,(H,42,43). The highest BCUT2D eigenvalue weighted by Crippen LogP contribution is 2.27. The minimum absolute atomic E-state index is 0.0918. The molecule has 0 spiro atoms. The van der Waals surface area contributed by atoms with Crippen LogP contribution in [0, 0.1) is 19.7 Å². The van der Waals surface area contributed by atoms with E-state index in [9.17, 15) is 14.3 Å². The van der Waals surface area contributed by atoms with Crippen molar-refractivity contribution in [3.05, 3.63) is 130 Å². The number of pyridine rings is 1. The Hall–Kier alpha value is -5.31. The molecule has 0 atom stereocenters. The maximum Gasteiger partial charge on any atom is 0.335 e. The van der Waals surface area contributed by atoms with E-state index in [4.69, 9.17) is 9.72 Å². The molecule has 0 bridgehead atoms. The molecule has 8 nitrogen and oxygen atoms in total. The van der Waals surface area contributed by atoms with E-state index in [1.54, 1.807) is 36.7 Å². The third-order valence-electron chi connectivity index (χ3n) is 7.83. The second-order valence-electron chi connectivity index (χ2n) is 10.9. The number of carbonyl (C=O) groups is 1. The maximum atomic E-state index is 14.3. The molecule has 1 N–H and O–H groups in total. The van der Waals surface area contributed by atoms with E-state index in [0.29, 0.717) is 24.4 Å². The first-order valence-electron chi connectivity index (χ1n) is 14.4. The van der Waals surface area contributed by atoms with Gasteiger partial charge in [0.25, 0.3) is 0 Å². The van der Waals surface area contributed by atoms with E-state index in [-0.39, 0.29) is 18.0 Å². The number of aromatic nitrogens is 5. The summed E-state index contributed by atoms with van der Waals surface area (Å²) in [7, 11) is 0. The Kier molecular flexibility index (Phi) is 7.93. The van der Waals surface area contributed by atoms with Crippen molar-refractivity contribution < 1.29 is 19.0 Å². The molecule has 3 aromatic carbocycles. The van der Waals surface area contributed by atoms with E-state index in [2.05, 4.69) is 45.1 Å². The number of carboxylic acids is 1. The Morgan fingerprint density at radius 2 is 1.82 bits per heavy atom.